The molecule has 3 nitrogen and oxygen atoms in total. The molecule has 0 aromatic heterocycles. The number of likely N-dealkylation sites (tertiary alicyclic amines) is 1. The predicted octanol–water partition coefficient (Wildman–Crippen LogP) is 3.37. The van der Waals surface area contributed by atoms with Crippen LogP contribution in [0.25, 0.3) is 0 Å². The highest BCUT2D eigenvalue weighted by atomic mass is 32.1. The van der Waals surface area contributed by atoms with Crippen molar-refractivity contribution in [2.24, 2.45) is 5.92 Å². The van der Waals surface area contributed by atoms with E-state index < -0.39 is 11.6 Å². The van der Waals surface area contributed by atoms with E-state index in [0.717, 1.165) is 32.0 Å². The van der Waals surface area contributed by atoms with Gasteiger partial charge in [0, 0.05) is 13.1 Å². The lowest BCUT2D eigenvalue weighted by atomic mass is 10.0. The van der Waals surface area contributed by atoms with E-state index in [2.05, 4.69) is 22.5 Å². The number of nitrogens with zero attached hydrogens (tertiary/aromatic N) is 1. The Morgan fingerprint density at radius 3 is 2.77 bits per heavy atom. The summed E-state index contributed by atoms with van der Waals surface area (Å²) in [6, 6.07) is 3.73. The maximum Gasteiger partial charge on any atom is 0.170 e. The van der Waals surface area contributed by atoms with Crippen LogP contribution < -0.4 is 10.6 Å². The van der Waals surface area contributed by atoms with Gasteiger partial charge in [-0.3, -0.25) is 0 Å². The summed E-state index contributed by atoms with van der Waals surface area (Å²) >= 11 is 5.07. The standard InChI is InChI=1S/C16H23F2N3S/c1-12-5-3-9-21(11-12)10-4-8-19-16(22)20-15-13(17)6-2-7-14(15)18/h2,6-7,12H,3-5,8-11H2,1H3,(H2,19,20,22)/t12-/m1/s1. The van der Waals surface area contributed by atoms with Crippen molar-refractivity contribution in [1.29, 1.82) is 0 Å². The first-order valence-electron chi connectivity index (χ1n) is 7.77. The van der Waals surface area contributed by atoms with Crippen LogP contribution in [-0.4, -0.2) is 36.2 Å². The molecule has 1 aliphatic heterocycles. The highest BCUT2D eigenvalue weighted by molar-refractivity contribution is 7.80. The van der Waals surface area contributed by atoms with E-state index >= 15 is 0 Å². The van der Waals surface area contributed by atoms with Crippen LogP contribution in [0.15, 0.2) is 18.2 Å². The van der Waals surface area contributed by atoms with Gasteiger partial charge in [-0.25, -0.2) is 8.78 Å². The molecule has 1 aliphatic rings. The Labute approximate surface area is 136 Å². The molecule has 22 heavy (non-hydrogen) atoms. The number of para-hydroxylation sites is 1. The van der Waals surface area contributed by atoms with Crippen LogP contribution in [-0.2, 0) is 0 Å². The highest BCUT2D eigenvalue weighted by Gasteiger charge is 2.15. The zero-order valence-electron chi connectivity index (χ0n) is 12.9. The van der Waals surface area contributed by atoms with Crippen LogP contribution in [0.4, 0.5) is 14.5 Å². The number of hydrogen-bond donors (Lipinski definition) is 2. The molecule has 0 amide bonds. The summed E-state index contributed by atoms with van der Waals surface area (Å²) in [7, 11) is 0. The number of rotatable bonds is 5. The zero-order valence-corrected chi connectivity index (χ0v) is 13.7. The smallest absolute Gasteiger partial charge is 0.170 e. The fourth-order valence-corrected chi connectivity index (χ4v) is 2.97. The Morgan fingerprint density at radius 2 is 2.09 bits per heavy atom. The lowest BCUT2D eigenvalue weighted by Crippen LogP contribution is -2.37. The molecule has 2 rings (SSSR count). The maximum absolute atomic E-state index is 13.5. The van der Waals surface area contributed by atoms with Gasteiger partial charge in [-0.05, 0) is 62.6 Å². The number of benzene rings is 1. The first kappa shape index (κ1) is 17.1. The van der Waals surface area contributed by atoms with Gasteiger partial charge in [0.25, 0.3) is 0 Å². The lowest BCUT2D eigenvalue weighted by molar-refractivity contribution is 0.182. The number of thiocarbonyl (C=S) groups is 1. The highest BCUT2D eigenvalue weighted by Crippen LogP contribution is 2.18. The molecule has 0 aliphatic carbocycles. The van der Waals surface area contributed by atoms with Crippen molar-refractivity contribution in [3.05, 3.63) is 29.8 Å². The molecule has 2 N–H and O–H groups in total. The van der Waals surface area contributed by atoms with Gasteiger partial charge in [0.1, 0.15) is 17.3 Å². The number of anilines is 1. The molecule has 6 heteroatoms. The van der Waals surface area contributed by atoms with Gasteiger partial charge >= 0.3 is 0 Å². The van der Waals surface area contributed by atoms with E-state index in [1.807, 2.05) is 0 Å². The lowest BCUT2D eigenvalue weighted by Gasteiger charge is -2.30. The molecule has 0 radical (unpaired) electrons. The second-order valence-corrected chi connectivity index (χ2v) is 6.29. The van der Waals surface area contributed by atoms with Gasteiger partial charge in [-0.1, -0.05) is 13.0 Å². The number of halogens is 2. The van der Waals surface area contributed by atoms with Gasteiger partial charge in [0.15, 0.2) is 5.11 Å². The summed E-state index contributed by atoms with van der Waals surface area (Å²) < 4.78 is 27.0. The van der Waals surface area contributed by atoms with E-state index in [1.54, 1.807) is 0 Å². The Kier molecular flexibility index (Phi) is 6.51. The molecule has 0 spiro atoms. The molecule has 1 heterocycles. The minimum Gasteiger partial charge on any atom is -0.362 e. The minimum absolute atomic E-state index is 0.204. The second kappa shape index (κ2) is 8.39. The number of nitrogens with one attached hydrogen (secondary N) is 2. The quantitative estimate of drug-likeness (QED) is 0.640. The summed E-state index contributed by atoms with van der Waals surface area (Å²) in [6.45, 7) is 6.31. The van der Waals surface area contributed by atoms with Crippen molar-refractivity contribution in [1.82, 2.24) is 10.2 Å². The first-order valence-corrected chi connectivity index (χ1v) is 8.18. The molecule has 122 valence electrons. The van der Waals surface area contributed by atoms with Crippen molar-refractivity contribution >= 4 is 23.0 Å². The third kappa shape index (κ3) is 5.18. The average molecular weight is 327 g/mol. The van der Waals surface area contributed by atoms with Crippen LogP contribution in [0.5, 0.6) is 0 Å². The van der Waals surface area contributed by atoms with E-state index in [-0.39, 0.29) is 10.8 Å². The SMILES string of the molecule is C[C@@H]1CCCN(CCCNC(=S)Nc2c(F)cccc2F)C1. The molecular formula is C16H23F2N3S. The summed E-state index contributed by atoms with van der Waals surface area (Å²) in [5, 5.41) is 5.82. The largest absolute Gasteiger partial charge is 0.362 e. The van der Waals surface area contributed by atoms with Crippen LogP contribution in [0, 0.1) is 17.6 Å². The third-order valence-corrected chi connectivity index (χ3v) is 4.13. The number of hydrogen-bond acceptors (Lipinski definition) is 2. The molecule has 1 atom stereocenters. The van der Waals surface area contributed by atoms with Gasteiger partial charge in [-0.15, -0.1) is 0 Å². The van der Waals surface area contributed by atoms with Crippen LogP contribution >= 0.6 is 12.2 Å². The van der Waals surface area contributed by atoms with Crippen molar-refractivity contribution < 1.29 is 8.78 Å². The zero-order chi connectivity index (χ0) is 15.9. The molecule has 0 saturated carbocycles. The molecule has 1 aromatic rings. The molecular weight excluding hydrogens is 304 g/mol. The van der Waals surface area contributed by atoms with Crippen molar-refractivity contribution in [3.63, 3.8) is 0 Å². The molecule has 1 aromatic carbocycles. The van der Waals surface area contributed by atoms with Gasteiger partial charge in [0.2, 0.25) is 0 Å². The van der Waals surface area contributed by atoms with Crippen LogP contribution in [0.3, 0.4) is 0 Å². The summed E-state index contributed by atoms with van der Waals surface area (Å²) in [5.41, 5.74) is -0.204. The van der Waals surface area contributed by atoms with E-state index in [9.17, 15) is 8.78 Å². The van der Waals surface area contributed by atoms with Crippen LogP contribution in [0.1, 0.15) is 26.2 Å². The third-order valence-electron chi connectivity index (χ3n) is 3.88. The minimum atomic E-state index is -0.647. The van der Waals surface area contributed by atoms with Gasteiger partial charge in [0.05, 0.1) is 0 Å². The van der Waals surface area contributed by atoms with Crippen LogP contribution in [0.2, 0.25) is 0 Å². The maximum atomic E-state index is 13.5. The predicted molar refractivity (Wildman–Crippen MR) is 90.0 cm³/mol. The van der Waals surface area contributed by atoms with Crippen molar-refractivity contribution in [2.45, 2.75) is 26.2 Å². The fraction of sp³-hybridized carbons (Fsp3) is 0.562. The summed E-state index contributed by atoms with van der Waals surface area (Å²) in [6.07, 6.45) is 3.53. The first-order chi connectivity index (χ1) is 10.6. The second-order valence-electron chi connectivity index (χ2n) is 5.88. The molecule has 0 unspecified atom stereocenters. The Balaban J connectivity index is 1.68. The normalized spacial score (nSPS) is 19.0. The Hall–Kier alpha value is -1.27. The van der Waals surface area contributed by atoms with E-state index in [1.165, 1.54) is 31.0 Å². The van der Waals surface area contributed by atoms with Crippen molar-refractivity contribution in [3.8, 4) is 0 Å². The monoisotopic (exact) mass is 327 g/mol. The molecule has 1 saturated heterocycles. The van der Waals surface area contributed by atoms with Gasteiger partial charge < -0.3 is 15.5 Å². The van der Waals surface area contributed by atoms with Gasteiger partial charge in [-0.2, -0.15) is 0 Å². The van der Waals surface area contributed by atoms with Crippen molar-refractivity contribution in [2.75, 3.05) is 31.5 Å². The average Bonchev–Trinajstić information content (AvgIpc) is 2.48. The molecule has 1 fully saturated rings. The molecule has 0 bridgehead atoms. The number of piperidine rings is 1. The summed E-state index contributed by atoms with van der Waals surface area (Å²) in [4.78, 5) is 2.46. The fourth-order valence-electron chi connectivity index (χ4n) is 2.77. The Bertz CT molecular complexity index is 490. The Morgan fingerprint density at radius 1 is 1.36 bits per heavy atom. The summed E-state index contributed by atoms with van der Waals surface area (Å²) in [5.74, 6) is -0.522. The topological polar surface area (TPSA) is 27.3 Å². The van der Waals surface area contributed by atoms with E-state index in [4.69, 9.17) is 12.2 Å². The van der Waals surface area contributed by atoms with E-state index in [0.29, 0.717) is 6.54 Å².